The molecule has 2 aromatic rings. The highest BCUT2D eigenvalue weighted by molar-refractivity contribution is 6.33. The van der Waals surface area contributed by atoms with E-state index in [-0.39, 0.29) is 0 Å². The summed E-state index contributed by atoms with van der Waals surface area (Å²) in [7, 11) is 1.52. The number of nitrogens with zero attached hydrogens (tertiary/aromatic N) is 2. The van der Waals surface area contributed by atoms with Gasteiger partial charge in [0.05, 0.1) is 29.5 Å². The Morgan fingerprint density at radius 3 is 2.70 bits per heavy atom. The van der Waals surface area contributed by atoms with Gasteiger partial charge in [0.15, 0.2) is 0 Å². The minimum absolute atomic E-state index is 0.459. The Bertz CT molecular complexity index is 646. The van der Waals surface area contributed by atoms with Crippen LogP contribution in [0, 0.1) is 0 Å². The zero-order valence-electron chi connectivity index (χ0n) is 11.7. The van der Waals surface area contributed by atoms with Gasteiger partial charge in [-0.2, -0.15) is 9.61 Å². The first-order valence-electron chi connectivity index (χ1n) is 6.01. The molecule has 0 spiro atoms. The molecule has 0 aliphatic heterocycles. The molecule has 1 N–H and O–H groups in total. The summed E-state index contributed by atoms with van der Waals surface area (Å²) in [4.78, 5) is 11.8. The van der Waals surface area contributed by atoms with E-state index in [1.807, 2.05) is 0 Å². The Kier molecular flexibility index (Phi) is 3.76. The van der Waals surface area contributed by atoms with Gasteiger partial charge < -0.3 is 9.47 Å². The van der Waals surface area contributed by atoms with Gasteiger partial charge in [-0.1, -0.05) is 11.6 Å². The van der Waals surface area contributed by atoms with E-state index in [1.165, 1.54) is 13.3 Å². The van der Waals surface area contributed by atoms with Crippen molar-refractivity contribution in [3.05, 3.63) is 23.4 Å². The van der Waals surface area contributed by atoms with E-state index in [9.17, 15) is 4.79 Å². The van der Waals surface area contributed by atoms with Crippen molar-refractivity contribution in [2.24, 2.45) is 0 Å². The fraction of sp³-hybridized carbons (Fsp3) is 0.385. The third kappa shape index (κ3) is 3.14. The minimum Gasteiger partial charge on any atom is -0.481 e. The summed E-state index contributed by atoms with van der Waals surface area (Å²) < 4.78 is 12.0. The summed E-state index contributed by atoms with van der Waals surface area (Å²) in [6.07, 6.45) is 0.968. The van der Waals surface area contributed by atoms with Crippen LogP contribution in [-0.2, 0) is 4.74 Å². The Morgan fingerprint density at radius 1 is 1.40 bits per heavy atom. The highest BCUT2D eigenvalue weighted by Crippen LogP contribution is 2.26. The Hall–Kier alpha value is -1.95. The quantitative estimate of drug-likeness (QED) is 0.923. The van der Waals surface area contributed by atoms with Gasteiger partial charge in [-0.05, 0) is 26.8 Å². The van der Waals surface area contributed by atoms with E-state index in [2.05, 4.69) is 10.4 Å². The molecule has 108 valence electrons. The largest absolute Gasteiger partial charge is 0.481 e. The number of amides is 1. The maximum Gasteiger partial charge on any atom is 0.412 e. The average molecular weight is 298 g/mol. The van der Waals surface area contributed by atoms with Crippen molar-refractivity contribution < 1.29 is 14.3 Å². The minimum atomic E-state index is -0.563. The second kappa shape index (κ2) is 5.20. The van der Waals surface area contributed by atoms with Gasteiger partial charge in [0.1, 0.15) is 5.60 Å². The number of nitrogens with one attached hydrogen (secondary N) is 1. The number of ether oxygens (including phenoxy) is 2. The van der Waals surface area contributed by atoms with Crippen LogP contribution in [0.25, 0.3) is 5.52 Å². The van der Waals surface area contributed by atoms with Crippen LogP contribution in [0.5, 0.6) is 5.88 Å². The van der Waals surface area contributed by atoms with Gasteiger partial charge in [-0.15, -0.1) is 0 Å². The number of hydrogen-bond donors (Lipinski definition) is 1. The van der Waals surface area contributed by atoms with E-state index in [4.69, 9.17) is 21.1 Å². The number of carbonyl (C=O) groups is 1. The number of aromatic nitrogens is 2. The molecule has 20 heavy (non-hydrogen) atoms. The molecule has 0 bridgehead atoms. The maximum atomic E-state index is 11.8. The number of hydrogen-bond acceptors (Lipinski definition) is 4. The number of carbonyl (C=O) groups excluding carboxylic acids is 1. The molecule has 2 aromatic heterocycles. The predicted molar refractivity (Wildman–Crippen MR) is 76.6 cm³/mol. The SMILES string of the molecule is COc1cc(NC(=O)OC(C)(C)C)cc2c(Cl)cnn12. The molecule has 0 saturated carbocycles. The molecule has 0 aromatic carbocycles. The summed E-state index contributed by atoms with van der Waals surface area (Å²) >= 11 is 6.03. The van der Waals surface area contributed by atoms with Crippen molar-refractivity contribution in [3.8, 4) is 5.88 Å². The number of anilines is 1. The number of pyridine rings is 1. The molecule has 0 atom stereocenters. The van der Waals surface area contributed by atoms with E-state index >= 15 is 0 Å². The molecule has 0 aliphatic carbocycles. The summed E-state index contributed by atoms with van der Waals surface area (Å²) in [5, 5.41) is 7.19. The van der Waals surface area contributed by atoms with Crippen LogP contribution in [0.15, 0.2) is 18.3 Å². The molecule has 0 saturated heterocycles. The van der Waals surface area contributed by atoms with E-state index in [1.54, 1.807) is 37.4 Å². The molecule has 0 aliphatic rings. The van der Waals surface area contributed by atoms with Crippen LogP contribution in [0.2, 0.25) is 5.02 Å². The van der Waals surface area contributed by atoms with Gasteiger partial charge >= 0.3 is 6.09 Å². The summed E-state index contributed by atoms with van der Waals surface area (Å²) in [6, 6.07) is 3.34. The van der Waals surface area contributed by atoms with Crippen LogP contribution >= 0.6 is 11.6 Å². The second-order valence-electron chi connectivity index (χ2n) is 5.20. The fourth-order valence-corrected chi connectivity index (χ4v) is 1.84. The normalized spacial score (nSPS) is 11.4. The smallest absolute Gasteiger partial charge is 0.412 e. The number of rotatable bonds is 2. The molecular formula is C13H16ClN3O3. The first-order valence-corrected chi connectivity index (χ1v) is 6.39. The van der Waals surface area contributed by atoms with E-state index < -0.39 is 11.7 Å². The molecule has 0 fully saturated rings. The van der Waals surface area contributed by atoms with Crippen LogP contribution in [0.3, 0.4) is 0 Å². The summed E-state index contributed by atoms with van der Waals surface area (Å²) in [5.41, 5.74) is 0.593. The average Bonchev–Trinajstić information content (AvgIpc) is 2.68. The molecule has 2 rings (SSSR count). The van der Waals surface area contributed by atoms with Gasteiger partial charge in [0.25, 0.3) is 0 Å². The molecular weight excluding hydrogens is 282 g/mol. The fourth-order valence-electron chi connectivity index (χ4n) is 1.67. The molecule has 7 heteroatoms. The molecule has 2 heterocycles. The summed E-state index contributed by atoms with van der Waals surface area (Å²) in [5.74, 6) is 0.459. The molecule has 0 unspecified atom stereocenters. The van der Waals surface area contributed by atoms with Crippen molar-refractivity contribution in [1.29, 1.82) is 0 Å². The van der Waals surface area contributed by atoms with Crippen LogP contribution < -0.4 is 10.1 Å². The third-order valence-electron chi connectivity index (χ3n) is 2.39. The predicted octanol–water partition coefficient (Wildman–Crippen LogP) is 3.34. The molecule has 1 amide bonds. The van der Waals surface area contributed by atoms with E-state index in [0.717, 1.165) is 0 Å². The highest BCUT2D eigenvalue weighted by atomic mass is 35.5. The van der Waals surface area contributed by atoms with Crippen LogP contribution in [0.1, 0.15) is 20.8 Å². The van der Waals surface area contributed by atoms with Crippen LogP contribution in [-0.4, -0.2) is 28.4 Å². The van der Waals surface area contributed by atoms with Crippen molar-refractivity contribution >= 4 is 28.9 Å². The van der Waals surface area contributed by atoms with Gasteiger partial charge in [-0.3, -0.25) is 5.32 Å². The lowest BCUT2D eigenvalue weighted by Gasteiger charge is -2.19. The third-order valence-corrected chi connectivity index (χ3v) is 2.69. The molecule has 0 radical (unpaired) electrons. The first kappa shape index (κ1) is 14.5. The maximum absolute atomic E-state index is 11.8. The zero-order chi connectivity index (χ0) is 14.9. The lowest BCUT2D eigenvalue weighted by Crippen LogP contribution is -2.27. The van der Waals surface area contributed by atoms with Crippen molar-refractivity contribution in [2.45, 2.75) is 26.4 Å². The standard InChI is InChI=1S/C13H16ClN3O3/c1-13(2,3)20-12(18)16-8-5-10-9(14)7-15-17(10)11(6-8)19-4/h5-7H,1-4H3,(H,16,18). The molecule has 6 nitrogen and oxygen atoms in total. The lowest BCUT2D eigenvalue weighted by molar-refractivity contribution is 0.0636. The van der Waals surface area contributed by atoms with Crippen molar-refractivity contribution in [1.82, 2.24) is 9.61 Å². The van der Waals surface area contributed by atoms with Gasteiger partial charge in [-0.25, -0.2) is 4.79 Å². The number of methoxy groups -OCH3 is 1. The second-order valence-corrected chi connectivity index (χ2v) is 5.61. The highest BCUT2D eigenvalue weighted by Gasteiger charge is 2.17. The number of halogens is 1. The van der Waals surface area contributed by atoms with Gasteiger partial charge in [0.2, 0.25) is 5.88 Å². The van der Waals surface area contributed by atoms with E-state index in [0.29, 0.717) is 22.1 Å². The monoisotopic (exact) mass is 297 g/mol. The van der Waals surface area contributed by atoms with Crippen molar-refractivity contribution in [2.75, 3.05) is 12.4 Å². The number of fused-ring (bicyclic) bond motifs is 1. The van der Waals surface area contributed by atoms with Crippen molar-refractivity contribution in [3.63, 3.8) is 0 Å². The topological polar surface area (TPSA) is 64.9 Å². The first-order chi connectivity index (χ1) is 9.30. The van der Waals surface area contributed by atoms with Crippen LogP contribution in [0.4, 0.5) is 10.5 Å². The summed E-state index contributed by atoms with van der Waals surface area (Å²) in [6.45, 7) is 5.39. The Morgan fingerprint density at radius 2 is 2.10 bits per heavy atom. The lowest BCUT2D eigenvalue weighted by atomic mass is 10.2. The Balaban J connectivity index is 2.31. The Labute approximate surface area is 121 Å². The zero-order valence-corrected chi connectivity index (χ0v) is 12.5. The van der Waals surface area contributed by atoms with Gasteiger partial charge in [0, 0.05) is 6.07 Å².